The van der Waals surface area contributed by atoms with Gasteiger partial charge in [-0.1, -0.05) is 42.5 Å². The summed E-state index contributed by atoms with van der Waals surface area (Å²) in [4.78, 5) is 12.5. The molecule has 162 valence electrons. The van der Waals surface area contributed by atoms with Crippen molar-refractivity contribution >= 4 is 15.8 Å². The van der Waals surface area contributed by atoms with Gasteiger partial charge in [-0.05, 0) is 60.8 Å². The van der Waals surface area contributed by atoms with Gasteiger partial charge >= 0.3 is 5.97 Å². The van der Waals surface area contributed by atoms with Crippen LogP contribution in [0.15, 0.2) is 76.5 Å². The van der Waals surface area contributed by atoms with Crippen molar-refractivity contribution in [1.82, 2.24) is 0 Å². The van der Waals surface area contributed by atoms with Gasteiger partial charge in [0.25, 0.3) is 0 Å². The van der Waals surface area contributed by atoms with E-state index in [-0.39, 0.29) is 27.7 Å². The van der Waals surface area contributed by atoms with Crippen molar-refractivity contribution in [3.63, 3.8) is 0 Å². The summed E-state index contributed by atoms with van der Waals surface area (Å²) in [5.74, 6) is -0.686. The van der Waals surface area contributed by atoms with Gasteiger partial charge in [-0.3, -0.25) is 0 Å². The lowest BCUT2D eigenvalue weighted by molar-refractivity contribution is 0.0594. The van der Waals surface area contributed by atoms with Crippen LogP contribution in [0.25, 0.3) is 0 Å². The van der Waals surface area contributed by atoms with E-state index in [1.165, 1.54) is 13.2 Å². The fourth-order valence-corrected chi connectivity index (χ4v) is 4.71. The van der Waals surface area contributed by atoms with E-state index >= 15 is 0 Å². The Labute approximate surface area is 182 Å². The molecule has 0 amide bonds. The average molecular weight is 440 g/mol. The highest BCUT2D eigenvalue weighted by atomic mass is 32.2. The van der Waals surface area contributed by atoms with Crippen LogP contribution in [0.2, 0.25) is 0 Å². The van der Waals surface area contributed by atoms with Crippen LogP contribution in [0.5, 0.6) is 5.75 Å². The van der Waals surface area contributed by atoms with Crippen molar-refractivity contribution in [1.29, 1.82) is 0 Å². The number of nitrogens with two attached hydrogens (primary N) is 1. The number of methoxy groups -OCH3 is 1. The summed E-state index contributed by atoms with van der Waals surface area (Å²) in [6, 6.07) is 18.9. The Hall–Kier alpha value is -3.16. The van der Waals surface area contributed by atoms with Crippen molar-refractivity contribution in [2.45, 2.75) is 29.7 Å². The van der Waals surface area contributed by atoms with E-state index in [4.69, 9.17) is 15.2 Å². The third-order valence-corrected chi connectivity index (χ3v) is 6.56. The topological polar surface area (TPSA) is 95.7 Å². The number of carbonyl (C=O) groups is 1. The zero-order valence-corrected chi connectivity index (χ0v) is 18.3. The second-order valence-corrected chi connectivity index (χ2v) is 9.01. The Bertz CT molecular complexity index is 1160. The van der Waals surface area contributed by atoms with E-state index < -0.39 is 15.8 Å². The van der Waals surface area contributed by atoms with Gasteiger partial charge in [0.15, 0.2) is 5.75 Å². The van der Waals surface area contributed by atoms with E-state index in [0.29, 0.717) is 18.5 Å². The highest BCUT2D eigenvalue weighted by Crippen LogP contribution is 2.35. The van der Waals surface area contributed by atoms with Gasteiger partial charge in [-0.2, -0.15) is 0 Å². The molecule has 0 aliphatic carbocycles. The predicted molar refractivity (Wildman–Crippen MR) is 118 cm³/mol. The van der Waals surface area contributed by atoms with Crippen molar-refractivity contribution in [2.75, 3.05) is 13.7 Å². The molecule has 2 N–H and O–H groups in total. The molecule has 6 nitrogen and oxygen atoms in total. The molecule has 0 saturated heterocycles. The second-order valence-electron chi connectivity index (χ2n) is 7.09. The van der Waals surface area contributed by atoms with Crippen LogP contribution in [-0.4, -0.2) is 28.0 Å². The molecule has 3 rings (SSSR count). The number of carbonyl (C=O) groups excluding carboxylic acids is 1. The number of ether oxygens (including phenoxy) is 2. The normalized spacial score (nSPS) is 11.2. The molecule has 0 aliphatic heterocycles. The van der Waals surface area contributed by atoms with Gasteiger partial charge < -0.3 is 15.2 Å². The molecule has 0 unspecified atom stereocenters. The van der Waals surface area contributed by atoms with E-state index in [9.17, 15) is 13.2 Å². The fraction of sp³-hybridized carbons (Fsp3) is 0.208. The van der Waals surface area contributed by atoms with Crippen molar-refractivity contribution in [3.05, 3.63) is 89.0 Å². The summed E-state index contributed by atoms with van der Waals surface area (Å²) >= 11 is 0. The summed E-state index contributed by atoms with van der Waals surface area (Å²) in [7, 11) is -2.71. The van der Waals surface area contributed by atoms with Crippen LogP contribution in [0, 0.1) is 6.92 Å². The molecule has 0 radical (unpaired) electrons. The molecule has 0 spiro atoms. The molecule has 3 aromatic rings. The van der Waals surface area contributed by atoms with E-state index in [0.717, 1.165) is 11.1 Å². The molecule has 7 heteroatoms. The quantitative estimate of drug-likeness (QED) is 0.538. The second kappa shape index (κ2) is 9.76. The molecule has 0 atom stereocenters. The minimum atomic E-state index is -3.96. The third kappa shape index (κ3) is 5.13. The summed E-state index contributed by atoms with van der Waals surface area (Å²) in [6.07, 6.45) is 0.655. The van der Waals surface area contributed by atoms with Crippen LogP contribution in [0.4, 0.5) is 0 Å². The first-order valence-electron chi connectivity index (χ1n) is 9.80. The largest absolute Gasteiger partial charge is 0.487 e. The zero-order chi connectivity index (χ0) is 22.4. The zero-order valence-electron chi connectivity index (χ0n) is 17.5. The molecule has 0 heterocycles. The minimum absolute atomic E-state index is 0.0210. The summed E-state index contributed by atoms with van der Waals surface area (Å²) < 4.78 is 37.8. The van der Waals surface area contributed by atoms with E-state index in [2.05, 4.69) is 0 Å². The Kier molecular flexibility index (Phi) is 7.09. The monoisotopic (exact) mass is 439 g/mol. The van der Waals surface area contributed by atoms with Gasteiger partial charge in [0.05, 0.1) is 12.0 Å². The number of esters is 1. The van der Waals surface area contributed by atoms with Gasteiger partial charge in [0, 0.05) is 0 Å². The van der Waals surface area contributed by atoms with Crippen LogP contribution < -0.4 is 10.5 Å². The smallest absolute Gasteiger partial charge is 0.341 e. The van der Waals surface area contributed by atoms with Crippen molar-refractivity contribution in [3.8, 4) is 5.75 Å². The van der Waals surface area contributed by atoms with Gasteiger partial charge in [0.1, 0.15) is 17.1 Å². The maximum atomic E-state index is 13.5. The van der Waals surface area contributed by atoms with Crippen molar-refractivity contribution < 1.29 is 22.7 Å². The van der Waals surface area contributed by atoms with Gasteiger partial charge in [-0.15, -0.1) is 0 Å². The van der Waals surface area contributed by atoms with Gasteiger partial charge in [-0.25, -0.2) is 13.2 Å². The van der Waals surface area contributed by atoms with Crippen LogP contribution in [0.1, 0.15) is 27.0 Å². The lowest BCUT2D eigenvalue weighted by Crippen LogP contribution is -2.12. The highest BCUT2D eigenvalue weighted by Gasteiger charge is 2.28. The van der Waals surface area contributed by atoms with E-state index in [1.807, 2.05) is 30.3 Å². The van der Waals surface area contributed by atoms with Gasteiger partial charge in [0.2, 0.25) is 9.84 Å². The molecule has 0 aliphatic rings. The number of hydrogen-bond acceptors (Lipinski definition) is 6. The lowest BCUT2D eigenvalue weighted by Gasteiger charge is -2.17. The number of benzene rings is 3. The lowest BCUT2D eigenvalue weighted by atomic mass is 10.1. The van der Waals surface area contributed by atoms with Crippen molar-refractivity contribution in [2.24, 2.45) is 5.73 Å². The summed E-state index contributed by atoms with van der Waals surface area (Å²) in [5, 5.41) is 0. The Morgan fingerprint density at radius 2 is 1.65 bits per heavy atom. The third-order valence-electron chi connectivity index (χ3n) is 4.79. The maximum Gasteiger partial charge on any atom is 0.341 e. The van der Waals surface area contributed by atoms with Crippen LogP contribution in [0.3, 0.4) is 0 Å². The molecule has 0 bridgehead atoms. The molecule has 3 aromatic carbocycles. The maximum absolute atomic E-state index is 13.5. The summed E-state index contributed by atoms with van der Waals surface area (Å²) in [5.41, 5.74) is 8.03. The molecule has 0 fully saturated rings. The number of sulfone groups is 1. The predicted octanol–water partition coefficient (Wildman–Crippen LogP) is 3.69. The molecule has 31 heavy (non-hydrogen) atoms. The Morgan fingerprint density at radius 1 is 0.968 bits per heavy atom. The van der Waals surface area contributed by atoms with E-state index in [1.54, 1.807) is 37.3 Å². The molecular weight excluding hydrogens is 414 g/mol. The first-order chi connectivity index (χ1) is 14.9. The SMILES string of the molecule is COC(=O)c1cc(C)cc(S(=O)(=O)c2ccc(CCN)cc2)c1OCc1ccccc1. The highest BCUT2D eigenvalue weighted by molar-refractivity contribution is 7.91. The first kappa shape index (κ1) is 22.5. The average Bonchev–Trinajstić information content (AvgIpc) is 2.78. The molecule has 0 aromatic heterocycles. The van der Waals surface area contributed by atoms with Crippen LogP contribution in [-0.2, 0) is 27.6 Å². The Balaban J connectivity index is 2.10. The molecular formula is C24H25NO5S. The number of hydrogen-bond donors (Lipinski definition) is 1. The molecule has 0 saturated carbocycles. The van der Waals surface area contributed by atoms with Crippen LogP contribution >= 0.6 is 0 Å². The standard InChI is InChI=1S/C24H25NO5S/c1-17-14-21(24(26)29-2)23(30-16-19-6-4-3-5-7-19)22(15-17)31(27,28)20-10-8-18(9-11-20)12-13-25/h3-11,14-15H,12-13,16,25H2,1-2H3. The fourth-order valence-electron chi connectivity index (χ4n) is 3.21. The number of aryl methyl sites for hydroxylation is 1. The Morgan fingerprint density at radius 3 is 2.26 bits per heavy atom. The number of rotatable bonds is 8. The first-order valence-corrected chi connectivity index (χ1v) is 11.3. The minimum Gasteiger partial charge on any atom is -0.487 e. The summed E-state index contributed by atoms with van der Waals surface area (Å²) in [6.45, 7) is 2.30.